The Balaban J connectivity index is 0.00000192. The lowest BCUT2D eigenvalue weighted by Crippen LogP contribution is -2.27. The molecule has 1 aromatic carbocycles. The molecule has 0 aliphatic heterocycles. The molecule has 23 heavy (non-hydrogen) atoms. The van der Waals surface area contributed by atoms with Gasteiger partial charge in [-0.15, -0.1) is 0 Å². The van der Waals surface area contributed by atoms with E-state index in [1.54, 1.807) is 0 Å². The summed E-state index contributed by atoms with van der Waals surface area (Å²) in [5, 5.41) is 3.06. The Morgan fingerprint density at radius 3 is 2.57 bits per heavy atom. The molecule has 0 radical (unpaired) electrons. The van der Waals surface area contributed by atoms with Crippen LogP contribution >= 0.6 is 0 Å². The molecule has 1 aliphatic carbocycles. The van der Waals surface area contributed by atoms with Crippen molar-refractivity contribution >= 4 is 22.9 Å². The Morgan fingerprint density at radius 2 is 2.00 bits per heavy atom. The van der Waals surface area contributed by atoms with Crippen LogP contribution in [0.15, 0.2) is 18.2 Å². The molecule has 0 bridgehead atoms. The Kier molecular flexibility index (Phi) is 5.12. The average molecular weight is 315 g/mol. The number of amides is 1. The number of rotatable bonds is 4. The molecular formula is C19H29N3O. The Bertz CT molecular complexity index is 698. The zero-order valence-corrected chi connectivity index (χ0v) is 13.9. The van der Waals surface area contributed by atoms with Crippen molar-refractivity contribution in [3.8, 4) is 0 Å². The van der Waals surface area contributed by atoms with Crippen LogP contribution in [0.25, 0.3) is 11.0 Å². The van der Waals surface area contributed by atoms with E-state index in [2.05, 4.69) is 47.8 Å². The SMILES string of the molecule is C.Cc1ccc2nc(NC(=O)[C@H](C)C(C)C)n(C3CCC3)c2c1. The third-order valence-corrected chi connectivity index (χ3v) is 4.93. The summed E-state index contributed by atoms with van der Waals surface area (Å²) in [4.78, 5) is 17.1. The third kappa shape index (κ3) is 3.26. The second-order valence-corrected chi connectivity index (χ2v) is 6.90. The highest BCUT2D eigenvalue weighted by atomic mass is 16.2. The van der Waals surface area contributed by atoms with Crippen LogP contribution in [0, 0.1) is 18.8 Å². The van der Waals surface area contributed by atoms with E-state index in [1.807, 2.05) is 13.0 Å². The number of benzene rings is 1. The molecule has 4 nitrogen and oxygen atoms in total. The first-order chi connectivity index (χ1) is 10.5. The second-order valence-electron chi connectivity index (χ2n) is 6.90. The van der Waals surface area contributed by atoms with Gasteiger partial charge in [-0.2, -0.15) is 0 Å². The fourth-order valence-corrected chi connectivity index (χ4v) is 2.83. The van der Waals surface area contributed by atoms with Crippen molar-refractivity contribution in [3.05, 3.63) is 23.8 Å². The maximum atomic E-state index is 12.4. The highest BCUT2D eigenvalue weighted by Crippen LogP contribution is 2.37. The van der Waals surface area contributed by atoms with E-state index in [0.29, 0.717) is 17.9 Å². The van der Waals surface area contributed by atoms with Gasteiger partial charge in [0, 0.05) is 12.0 Å². The summed E-state index contributed by atoms with van der Waals surface area (Å²) in [5.41, 5.74) is 3.32. The topological polar surface area (TPSA) is 46.9 Å². The summed E-state index contributed by atoms with van der Waals surface area (Å²) < 4.78 is 2.23. The molecule has 126 valence electrons. The number of carbonyl (C=O) groups excluding carboxylic acids is 1. The van der Waals surface area contributed by atoms with Crippen LogP contribution in [-0.2, 0) is 4.79 Å². The van der Waals surface area contributed by atoms with Gasteiger partial charge in [0.05, 0.1) is 11.0 Å². The minimum absolute atomic E-state index is 0. The number of aromatic nitrogens is 2. The predicted octanol–water partition coefficient (Wildman–Crippen LogP) is 4.94. The smallest absolute Gasteiger partial charge is 0.229 e. The van der Waals surface area contributed by atoms with E-state index in [-0.39, 0.29) is 19.3 Å². The molecule has 1 heterocycles. The summed E-state index contributed by atoms with van der Waals surface area (Å²) in [5.74, 6) is 1.07. The van der Waals surface area contributed by atoms with Gasteiger partial charge in [-0.3, -0.25) is 10.1 Å². The minimum atomic E-state index is -0.0172. The molecular weight excluding hydrogens is 286 g/mol. The van der Waals surface area contributed by atoms with Crippen molar-refractivity contribution in [2.75, 3.05) is 5.32 Å². The van der Waals surface area contributed by atoms with Crippen LogP contribution in [-0.4, -0.2) is 15.5 Å². The molecule has 1 aromatic heterocycles. The number of nitrogens with one attached hydrogen (secondary N) is 1. The summed E-state index contributed by atoms with van der Waals surface area (Å²) in [7, 11) is 0. The van der Waals surface area contributed by atoms with E-state index >= 15 is 0 Å². The van der Waals surface area contributed by atoms with Gasteiger partial charge in [-0.25, -0.2) is 4.98 Å². The van der Waals surface area contributed by atoms with Crippen LogP contribution < -0.4 is 5.32 Å². The van der Waals surface area contributed by atoms with Gasteiger partial charge in [-0.05, 0) is 49.8 Å². The summed E-state index contributed by atoms with van der Waals surface area (Å²) in [6.07, 6.45) is 3.59. The van der Waals surface area contributed by atoms with Crippen LogP contribution in [0.3, 0.4) is 0 Å². The number of hydrogen-bond donors (Lipinski definition) is 1. The highest BCUT2D eigenvalue weighted by molar-refractivity contribution is 5.93. The van der Waals surface area contributed by atoms with Gasteiger partial charge in [0.1, 0.15) is 0 Å². The average Bonchev–Trinajstić information content (AvgIpc) is 2.74. The normalized spacial score (nSPS) is 16.0. The van der Waals surface area contributed by atoms with Gasteiger partial charge in [0.25, 0.3) is 0 Å². The highest BCUT2D eigenvalue weighted by Gasteiger charge is 2.26. The molecule has 1 aliphatic rings. The number of fused-ring (bicyclic) bond motifs is 1. The Hall–Kier alpha value is -1.84. The first-order valence-electron chi connectivity index (χ1n) is 8.27. The van der Waals surface area contributed by atoms with Crippen molar-refractivity contribution in [1.29, 1.82) is 0 Å². The van der Waals surface area contributed by atoms with Gasteiger partial charge in [0.15, 0.2) is 0 Å². The summed E-state index contributed by atoms with van der Waals surface area (Å²) >= 11 is 0. The number of anilines is 1. The number of nitrogens with zero attached hydrogens (tertiary/aromatic N) is 2. The Morgan fingerprint density at radius 1 is 1.30 bits per heavy atom. The van der Waals surface area contributed by atoms with Crippen LogP contribution in [0.1, 0.15) is 59.1 Å². The number of hydrogen-bond acceptors (Lipinski definition) is 2. The van der Waals surface area contributed by atoms with E-state index in [4.69, 9.17) is 0 Å². The first kappa shape index (κ1) is 17.5. The molecule has 3 rings (SSSR count). The zero-order valence-electron chi connectivity index (χ0n) is 13.9. The van der Waals surface area contributed by atoms with Gasteiger partial charge < -0.3 is 4.57 Å². The molecule has 1 fully saturated rings. The van der Waals surface area contributed by atoms with Gasteiger partial charge >= 0.3 is 0 Å². The summed E-state index contributed by atoms with van der Waals surface area (Å²) in [6.45, 7) is 8.21. The fraction of sp³-hybridized carbons (Fsp3) is 0.579. The summed E-state index contributed by atoms with van der Waals surface area (Å²) in [6, 6.07) is 6.75. The van der Waals surface area contributed by atoms with Crippen molar-refractivity contribution in [2.45, 2.75) is 60.4 Å². The monoisotopic (exact) mass is 315 g/mol. The van der Waals surface area contributed by atoms with Crippen LogP contribution in [0.2, 0.25) is 0 Å². The van der Waals surface area contributed by atoms with Crippen LogP contribution in [0.5, 0.6) is 0 Å². The van der Waals surface area contributed by atoms with E-state index < -0.39 is 0 Å². The van der Waals surface area contributed by atoms with E-state index in [0.717, 1.165) is 11.0 Å². The maximum Gasteiger partial charge on any atom is 0.229 e. The number of aryl methyl sites for hydroxylation is 1. The minimum Gasteiger partial charge on any atom is -0.307 e. The molecule has 0 unspecified atom stereocenters. The molecule has 1 atom stereocenters. The number of imidazole rings is 1. The quantitative estimate of drug-likeness (QED) is 0.869. The molecule has 1 N–H and O–H groups in total. The maximum absolute atomic E-state index is 12.4. The lowest BCUT2D eigenvalue weighted by Gasteiger charge is -2.29. The second kappa shape index (κ2) is 6.73. The standard InChI is InChI=1S/C18H25N3O.CH4/c1-11(2)13(4)17(22)20-18-19-15-9-8-12(3)10-16(15)21(18)14-6-5-7-14;/h8-11,13-14H,5-7H2,1-4H3,(H,19,20,22);1H4/t13-;/m1./s1. The lowest BCUT2D eigenvalue weighted by atomic mass is 9.92. The van der Waals surface area contributed by atoms with Crippen molar-refractivity contribution in [3.63, 3.8) is 0 Å². The zero-order chi connectivity index (χ0) is 15.9. The molecule has 1 saturated carbocycles. The van der Waals surface area contributed by atoms with Crippen molar-refractivity contribution in [1.82, 2.24) is 9.55 Å². The number of carbonyl (C=O) groups is 1. The van der Waals surface area contributed by atoms with Crippen molar-refractivity contribution in [2.24, 2.45) is 11.8 Å². The van der Waals surface area contributed by atoms with Gasteiger partial charge in [0.2, 0.25) is 11.9 Å². The lowest BCUT2D eigenvalue weighted by molar-refractivity contribution is -0.120. The third-order valence-electron chi connectivity index (χ3n) is 4.93. The largest absolute Gasteiger partial charge is 0.307 e. The molecule has 0 spiro atoms. The van der Waals surface area contributed by atoms with Crippen LogP contribution in [0.4, 0.5) is 5.95 Å². The molecule has 0 saturated heterocycles. The molecule has 4 heteroatoms. The first-order valence-corrected chi connectivity index (χ1v) is 8.27. The molecule has 2 aromatic rings. The molecule has 1 amide bonds. The fourth-order valence-electron chi connectivity index (χ4n) is 2.83. The van der Waals surface area contributed by atoms with E-state index in [9.17, 15) is 4.79 Å². The predicted molar refractivity (Wildman–Crippen MR) is 96.7 cm³/mol. The van der Waals surface area contributed by atoms with Gasteiger partial charge in [-0.1, -0.05) is 34.3 Å². The van der Waals surface area contributed by atoms with E-state index in [1.165, 1.54) is 24.8 Å². The Labute approximate surface area is 139 Å². The van der Waals surface area contributed by atoms with Crippen molar-refractivity contribution < 1.29 is 4.79 Å².